The molecular formula is C26H27ClFN3O3S. The van der Waals surface area contributed by atoms with Gasteiger partial charge in [-0.25, -0.2) is 12.8 Å². The van der Waals surface area contributed by atoms with Gasteiger partial charge in [-0.3, -0.25) is 4.79 Å². The third kappa shape index (κ3) is 6.39. The lowest BCUT2D eigenvalue weighted by atomic mass is 10.1. The first-order valence-electron chi connectivity index (χ1n) is 11.4. The lowest BCUT2D eigenvalue weighted by Crippen LogP contribution is -2.52. The van der Waals surface area contributed by atoms with Crippen LogP contribution in [0.3, 0.4) is 0 Å². The summed E-state index contributed by atoms with van der Waals surface area (Å²) in [7, 11) is -3.90. The lowest BCUT2D eigenvalue weighted by Gasteiger charge is -2.37. The Balaban J connectivity index is 1.45. The zero-order chi connectivity index (χ0) is 24.8. The van der Waals surface area contributed by atoms with Crippen molar-refractivity contribution >= 4 is 33.2 Å². The number of benzene rings is 3. The van der Waals surface area contributed by atoms with Gasteiger partial charge in [0, 0.05) is 43.4 Å². The molecule has 0 bridgehead atoms. The number of nitrogens with zero attached hydrogens (tertiary/aromatic N) is 3. The van der Waals surface area contributed by atoms with Crippen LogP contribution in [0.25, 0.3) is 0 Å². The van der Waals surface area contributed by atoms with Crippen molar-refractivity contribution in [2.24, 2.45) is 0 Å². The Labute approximate surface area is 210 Å². The maximum Gasteiger partial charge on any atom is 0.243 e. The standard InChI is InChI=1S/C26H27ClFN3O3S/c27-22-6-12-25(13-7-22)35(33,34)31(15-14-21-4-2-1-3-5-21)20-26(32)30-18-16-29(17-19-30)24-10-8-23(28)9-11-24/h1-13H,14-20H2. The predicted molar refractivity (Wildman–Crippen MR) is 136 cm³/mol. The van der Waals surface area contributed by atoms with Crippen LogP contribution in [0.2, 0.25) is 5.02 Å². The smallest absolute Gasteiger partial charge is 0.243 e. The number of halogens is 2. The number of carbonyl (C=O) groups is 1. The van der Waals surface area contributed by atoms with E-state index in [1.165, 1.54) is 40.7 Å². The van der Waals surface area contributed by atoms with Gasteiger partial charge in [0.1, 0.15) is 5.82 Å². The number of hydrogen-bond donors (Lipinski definition) is 0. The number of sulfonamides is 1. The van der Waals surface area contributed by atoms with Crippen LogP contribution in [0.4, 0.5) is 10.1 Å². The molecule has 0 saturated carbocycles. The van der Waals surface area contributed by atoms with Gasteiger partial charge in [-0.2, -0.15) is 4.31 Å². The van der Waals surface area contributed by atoms with Crippen LogP contribution < -0.4 is 4.90 Å². The molecule has 1 heterocycles. The molecule has 6 nitrogen and oxygen atoms in total. The summed E-state index contributed by atoms with van der Waals surface area (Å²) in [5.41, 5.74) is 1.89. The van der Waals surface area contributed by atoms with Gasteiger partial charge < -0.3 is 9.80 Å². The second-order valence-corrected chi connectivity index (χ2v) is 10.7. The van der Waals surface area contributed by atoms with Gasteiger partial charge in [-0.1, -0.05) is 41.9 Å². The quantitative estimate of drug-likeness (QED) is 0.454. The van der Waals surface area contributed by atoms with E-state index in [-0.39, 0.29) is 29.7 Å². The lowest BCUT2D eigenvalue weighted by molar-refractivity contribution is -0.131. The molecule has 1 fully saturated rings. The van der Waals surface area contributed by atoms with E-state index >= 15 is 0 Å². The molecule has 1 aliphatic heterocycles. The van der Waals surface area contributed by atoms with Gasteiger partial charge in [0.05, 0.1) is 11.4 Å². The SMILES string of the molecule is O=C(CN(CCc1ccccc1)S(=O)(=O)c1ccc(Cl)cc1)N1CCN(c2ccc(F)cc2)CC1. The molecule has 0 unspecified atom stereocenters. The Kier molecular flexibility index (Phi) is 8.05. The molecule has 0 aromatic heterocycles. The van der Waals surface area contributed by atoms with Crippen LogP contribution >= 0.6 is 11.6 Å². The first kappa shape index (κ1) is 25.2. The molecule has 0 spiro atoms. The zero-order valence-electron chi connectivity index (χ0n) is 19.2. The number of piperazine rings is 1. The Morgan fingerprint density at radius 3 is 2.14 bits per heavy atom. The Morgan fingerprint density at radius 1 is 0.886 bits per heavy atom. The van der Waals surface area contributed by atoms with Gasteiger partial charge in [0.15, 0.2) is 0 Å². The highest BCUT2D eigenvalue weighted by molar-refractivity contribution is 7.89. The van der Waals surface area contributed by atoms with Crippen LogP contribution in [0, 0.1) is 5.82 Å². The summed E-state index contributed by atoms with van der Waals surface area (Å²) in [5, 5.41) is 0.440. The van der Waals surface area contributed by atoms with Gasteiger partial charge >= 0.3 is 0 Å². The molecule has 0 aliphatic carbocycles. The highest BCUT2D eigenvalue weighted by atomic mass is 35.5. The van der Waals surface area contributed by atoms with Crippen LogP contribution in [-0.4, -0.2) is 62.8 Å². The molecule has 3 aromatic carbocycles. The highest BCUT2D eigenvalue weighted by Gasteiger charge is 2.29. The second-order valence-electron chi connectivity index (χ2n) is 8.37. The van der Waals surface area contributed by atoms with Gasteiger partial charge in [-0.05, 0) is 60.5 Å². The summed E-state index contributed by atoms with van der Waals surface area (Å²) in [6, 6.07) is 21.8. The minimum absolute atomic E-state index is 0.101. The van der Waals surface area contributed by atoms with Gasteiger partial charge in [-0.15, -0.1) is 0 Å². The summed E-state index contributed by atoms with van der Waals surface area (Å²) in [6.45, 7) is 2.04. The van der Waals surface area contributed by atoms with Crippen molar-refractivity contribution in [2.75, 3.05) is 44.2 Å². The fraction of sp³-hybridized carbons (Fsp3) is 0.269. The number of anilines is 1. The average molecular weight is 516 g/mol. The maximum atomic E-state index is 13.4. The summed E-state index contributed by atoms with van der Waals surface area (Å²) in [6.07, 6.45) is 0.485. The van der Waals surface area contributed by atoms with E-state index in [0.29, 0.717) is 37.6 Å². The van der Waals surface area contributed by atoms with E-state index in [2.05, 4.69) is 4.90 Å². The third-order valence-electron chi connectivity index (χ3n) is 6.08. The number of rotatable bonds is 8. The largest absolute Gasteiger partial charge is 0.368 e. The fourth-order valence-corrected chi connectivity index (χ4v) is 5.57. The Morgan fingerprint density at radius 2 is 1.51 bits per heavy atom. The van der Waals surface area contributed by atoms with E-state index in [9.17, 15) is 17.6 Å². The zero-order valence-corrected chi connectivity index (χ0v) is 20.8. The molecule has 184 valence electrons. The molecular weight excluding hydrogens is 489 g/mol. The topological polar surface area (TPSA) is 60.9 Å². The van der Waals surface area contributed by atoms with E-state index in [1.807, 2.05) is 30.3 Å². The molecule has 0 radical (unpaired) electrons. The minimum atomic E-state index is -3.90. The van der Waals surface area contributed by atoms with Crippen molar-refractivity contribution in [3.8, 4) is 0 Å². The van der Waals surface area contributed by atoms with E-state index in [0.717, 1.165) is 11.3 Å². The molecule has 9 heteroatoms. The highest BCUT2D eigenvalue weighted by Crippen LogP contribution is 2.21. The second kappa shape index (κ2) is 11.2. The van der Waals surface area contributed by atoms with Crippen molar-refractivity contribution < 1.29 is 17.6 Å². The Bertz CT molecular complexity index is 1230. The number of hydrogen-bond acceptors (Lipinski definition) is 4. The molecule has 0 N–H and O–H groups in total. The molecule has 1 aliphatic rings. The number of amides is 1. The summed E-state index contributed by atoms with van der Waals surface area (Å²) in [5.74, 6) is -0.533. The Hall–Kier alpha value is -2.94. The van der Waals surface area contributed by atoms with Crippen LogP contribution in [0.5, 0.6) is 0 Å². The molecule has 1 amide bonds. The van der Waals surface area contributed by atoms with Crippen molar-refractivity contribution in [3.05, 3.63) is 95.3 Å². The first-order chi connectivity index (χ1) is 16.8. The number of carbonyl (C=O) groups excluding carboxylic acids is 1. The van der Waals surface area contributed by atoms with Gasteiger partial charge in [0.25, 0.3) is 0 Å². The monoisotopic (exact) mass is 515 g/mol. The molecule has 0 atom stereocenters. The summed E-state index contributed by atoms with van der Waals surface area (Å²) >= 11 is 5.94. The van der Waals surface area contributed by atoms with E-state index in [4.69, 9.17) is 11.6 Å². The average Bonchev–Trinajstić information content (AvgIpc) is 2.88. The third-order valence-corrected chi connectivity index (χ3v) is 8.19. The molecule has 3 aromatic rings. The van der Waals surface area contributed by atoms with Crippen molar-refractivity contribution in [1.82, 2.24) is 9.21 Å². The first-order valence-corrected chi connectivity index (χ1v) is 13.2. The van der Waals surface area contributed by atoms with Crippen molar-refractivity contribution in [1.29, 1.82) is 0 Å². The van der Waals surface area contributed by atoms with Crippen molar-refractivity contribution in [3.63, 3.8) is 0 Å². The normalized spacial score (nSPS) is 14.4. The fourth-order valence-electron chi connectivity index (χ4n) is 4.06. The van der Waals surface area contributed by atoms with Crippen LogP contribution in [0.1, 0.15) is 5.56 Å². The van der Waals surface area contributed by atoms with Gasteiger partial charge in [0.2, 0.25) is 15.9 Å². The molecule has 35 heavy (non-hydrogen) atoms. The summed E-state index contributed by atoms with van der Waals surface area (Å²) in [4.78, 5) is 17.0. The van der Waals surface area contributed by atoms with Crippen LogP contribution in [0.15, 0.2) is 83.8 Å². The van der Waals surface area contributed by atoms with Crippen LogP contribution in [-0.2, 0) is 21.2 Å². The van der Waals surface area contributed by atoms with E-state index in [1.54, 1.807) is 17.0 Å². The van der Waals surface area contributed by atoms with Crippen molar-refractivity contribution in [2.45, 2.75) is 11.3 Å². The molecule has 4 rings (SSSR count). The predicted octanol–water partition coefficient (Wildman–Crippen LogP) is 4.06. The molecule has 1 saturated heterocycles. The maximum absolute atomic E-state index is 13.4. The van der Waals surface area contributed by atoms with E-state index < -0.39 is 10.0 Å². The minimum Gasteiger partial charge on any atom is -0.368 e. The summed E-state index contributed by atoms with van der Waals surface area (Å²) < 4.78 is 41.3.